The van der Waals surface area contributed by atoms with Crippen molar-refractivity contribution in [2.24, 2.45) is 35.5 Å². The second-order valence-corrected chi connectivity index (χ2v) is 33.2. The normalized spacial score (nSPS) is 28.3. The third kappa shape index (κ3) is 19.4. The van der Waals surface area contributed by atoms with Crippen molar-refractivity contribution in [2.45, 2.75) is 267 Å². The van der Waals surface area contributed by atoms with Gasteiger partial charge in [-0.2, -0.15) is 39.5 Å². The number of esters is 2. The number of benzene rings is 6. The molecule has 0 spiro atoms. The molecule has 6 heterocycles. The molecule has 6 aromatic carbocycles. The summed E-state index contributed by atoms with van der Waals surface area (Å²) in [6.07, 6.45) is 8.35. The molecule has 6 atom stereocenters. The Hall–Kier alpha value is -7.34. The second-order valence-electron chi connectivity index (χ2n) is 32.3. The summed E-state index contributed by atoms with van der Waals surface area (Å²) in [5, 5.41) is 14.5. The first-order valence-electron chi connectivity index (χ1n) is 39.3. The average Bonchev–Trinajstić information content (AvgIpc) is 0.769. The number of carboxylic acids is 1. The highest BCUT2D eigenvalue weighted by Crippen LogP contribution is 2.49. The van der Waals surface area contributed by atoms with Gasteiger partial charge in [-0.1, -0.05) is 79.5 Å². The maximum absolute atomic E-state index is 14.4. The number of carbonyl (C=O) groups is 5. The molecule has 24 heteroatoms. The van der Waals surface area contributed by atoms with Gasteiger partial charge in [-0.3, -0.25) is 24.0 Å². The maximum atomic E-state index is 14.4. The molecule has 14 nitrogen and oxygen atoms in total. The fourth-order valence-electron chi connectivity index (χ4n) is 18.8. The predicted octanol–water partition coefficient (Wildman–Crippen LogP) is 21.1. The molecule has 0 aromatic heterocycles. The van der Waals surface area contributed by atoms with Crippen LogP contribution in [-0.2, 0) is 42.4 Å². The van der Waals surface area contributed by atoms with Gasteiger partial charge in [0.05, 0.1) is 50.3 Å². The quantitative estimate of drug-likeness (QED) is 0.0931. The molecule has 6 unspecified atom stereocenters. The van der Waals surface area contributed by atoms with E-state index in [-0.39, 0.29) is 123 Å². The van der Waals surface area contributed by atoms with E-state index in [1.807, 2.05) is 0 Å². The summed E-state index contributed by atoms with van der Waals surface area (Å²) in [6.45, 7) is 6.47. The highest BCUT2D eigenvalue weighted by Gasteiger charge is 2.47. The highest BCUT2D eigenvalue weighted by molar-refractivity contribution is 9.10. The molecule has 9 aliphatic rings. The number of ether oxygens (including phenoxy) is 5. The van der Waals surface area contributed by atoms with E-state index in [0.29, 0.717) is 89.0 Å². The Bertz CT molecular complexity index is 4180. The second kappa shape index (κ2) is 34.7. The Morgan fingerprint density at radius 1 is 0.404 bits per heavy atom. The largest absolute Gasteiger partial charge is 0.490 e. The number of alkyl halides is 9. The van der Waals surface area contributed by atoms with Gasteiger partial charge < -0.3 is 43.9 Å². The van der Waals surface area contributed by atoms with Gasteiger partial charge in [-0.05, 0) is 272 Å². The van der Waals surface area contributed by atoms with Gasteiger partial charge in [0.2, 0.25) is 0 Å². The van der Waals surface area contributed by atoms with E-state index in [1.54, 1.807) is 64.4 Å². The van der Waals surface area contributed by atoms with E-state index >= 15 is 0 Å². The van der Waals surface area contributed by atoms with Gasteiger partial charge in [-0.15, -0.1) is 0 Å². The summed E-state index contributed by atoms with van der Waals surface area (Å²) >= 11 is 3.25. The lowest BCUT2D eigenvalue weighted by Gasteiger charge is -2.48. The zero-order chi connectivity index (χ0) is 77.8. The molecule has 2 amide bonds. The van der Waals surface area contributed by atoms with Crippen LogP contribution in [0.25, 0.3) is 32.3 Å². The Balaban J connectivity index is 0.000000143. The van der Waals surface area contributed by atoms with E-state index in [0.717, 1.165) is 116 Å². The van der Waals surface area contributed by atoms with E-state index in [4.69, 9.17) is 23.7 Å². The van der Waals surface area contributed by atoms with Crippen molar-refractivity contribution in [1.29, 1.82) is 0 Å². The Labute approximate surface area is 639 Å². The predicted molar refractivity (Wildman–Crippen MR) is 400 cm³/mol. The molecule has 3 aliphatic carbocycles. The minimum atomic E-state index is -4.64. The van der Waals surface area contributed by atoms with E-state index in [9.17, 15) is 68.6 Å². The van der Waals surface area contributed by atoms with Crippen LogP contribution in [0.3, 0.4) is 0 Å². The van der Waals surface area contributed by atoms with Crippen LogP contribution < -0.4 is 19.5 Å². The molecule has 6 bridgehead atoms. The molecule has 9 fully saturated rings. The molecule has 592 valence electrons. The number of carbonyl (C=O) groups excluding carboxylic acids is 4. The lowest BCUT2D eigenvalue weighted by atomic mass is 9.78. The van der Waals surface area contributed by atoms with Crippen LogP contribution in [-0.4, -0.2) is 113 Å². The van der Waals surface area contributed by atoms with Crippen LogP contribution >= 0.6 is 15.9 Å². The highest BCUT2D eigenvalue weighted by atomic mass is 79.9. The van der Waals surface area contributed by atoms with Crippen LogP contribution in [0.4, 0.5) is 39.5 Å². The molecule has 15 rings (SSSR count). The summed E-state index contributed by atoms with van der Waals surface area (Å²) in [4.78, 5) is 65.9. The third-order valence-electron chi connectivity index (χ3n) is 24.6. The SMILES string of the molecule is CC1CCC(Oc2ccc3ccc(Br)cc3c2C(F)(F)F)CC1.CC1CCC(Oc2ccc3ccc(C(=O)N4C5CCCC4CC(C(=O)O)C5)cc3c2C(F)(F)F)CC1.COC(=O)C1CC2CCCC(C1)N2.COC(=O)C1CC2CCCC(C1)N2C(=O)c1ccc2ccc(OC3CCC(C)CC3)c(C(F)(F)F)c2c1. The molecule has 3 saturated carbocycles. The molecule has 109 heavy (non-hydrogen) atoms. The van der Waals surface area contributed by atoms with Crippen LogP contribution in [0.1, 0.15) is 232 Å². The Kier molecular flexibility index (Phi) is 25.9. The maximum Gasteiger partial charge on any atom is 0.420 e. The minimum Gasteiger partial charge on any atom is -0.490 e. The third-order valence-corrected chi connectivity index (χ3v) is 25.1. The summed E-state index contributed by atoms with van der Waals surface area (Å²) in [5.41, 5.74) is -1.90. The number of nitrogens with zero attached hydrogens (tertiary/aromatic N) is 2. The van der Waals surface area contributed by atoms with Crippen molar-refractivity contribution in [3.05, 3.63) is 123 Å². The molecule has 2 N–H and O–H groups in total. The van der Waals surface area contributed by atoms with Gasteiger partial charge in [-0.25, -0.2) is 0 Å². The number of carboxylic acid groups (broad SMARTS) is 1. The van der Waals surface area contributed by atoms with E-state index in [1.165, 1.54) is 69.9 Å². The van der Waals surface area contributed by atoms with Gasteiger partial charge in [0.15, 0.2) is 0 Å². The number of nitrogens with one attached hydrogen (secondary N) is 1. The number of halogens is 10. The van der Waals surface area contributed by atoms with Crippen LogP contribution in [0.5, 0.6) is 17.2 Å². The average molecular weight is 1590 g/mol. The topological polar surface area (TPSA) is 170 Å². The summed E-state index contributed by atoms with van der Waals surface area (Å²) in [6, 6.07) is 23.7. The standard InChI is InChI=1S/C29H34F3NO4.C28H32F3NO4.C18H18BrF3O.C10H17NO2/c1-17-6-11-23(12-7-17)37-25-13-10-18-8-9-19(16-24(18)26(25)29(30,31)32)27(34)33-21-4-3-5-22(33)15-20(14-21)28(35)36-2;1-16-5-10-22(11-6-16)36-24-12-9-17-7-8-18(15-23(17)25(24)28(29,30)31)26(33)32-20-3-2-4-21(32)14-19(13-20)27(34)35;1-11-2-7-14(8-3-11)23-16-9-5-12-4-6-13(19)10-15(12)17(16)18(20,21)22;1-13-10(12)7-5-8-3-2-4-9(6-7)11-8/h8-10,13,16-17,20-23H,3-7,11-12,14-15H2,1-2H3;7-9,12,15-16,19-22H,2-6,10-11,13-14H2,1H3,(H,34,35);4-6,9-11,14H,2-3,7-8H2,1H3;7-9,11H,2-6H2,1H3. The lowest BCUT2D eigenvalue weighted by molar-refractivity contribution is -0.149. The number of fused-ring (bicyclic) bond motifs is 9. The molecular formula is C85H101BrF9N3O11. The summed E-state index contributed by atoms with van der Waals surface area (Å²) < 4.78 is 155. The number of rotatable bonds is 11. The van der Waals surface area contributed by atoms with E-state index < -0.39 is 47.1 Å². The van der Waals surface area contributed by atoms with Gasteiger partial charge in [0.1, 0.15) is 33.9 Å². The lowest BCUT2D eigenvalue weighted by Crippen LogP contribution is -2.55. The minimum absolute atomic E-state index is 0.0154. The fourth-order valence-corrected chi connectivity index (χ4v) is 19.2. The van der Waals surface area contributed by atoms with Crippen LogP contribution in [0.15, 0.2) is 95.5 Å². The molecule has 6 aliphatic heterocycles. The molecular weight excluding hydrogens is 1490 g/mol. The van der Waals surface area contributed by atoms with Crippen LogP contribution in [0.2, 0.25) is 0 Å². The van der Waals surface area contributed by atoms with Crippen molar-refractivity contribution in [3.8, 4) is 17.2 Å². The smallest absolute Gasteiger partial charge is 0.420 e. The molecule has 0 radical (unpaired) electrons. The summed E-state index contributed by atoms with van der Waals surface area (Å²) in [7, 11) is 2.86. The number of hydrogen-bond donors (Lipinski definition) is 2. The number of amides is 2. The van der Waals surface area contributed by atoms with Gasteiger partial charge in [0, 0.05) is 51.9 Å². The van der Waals surface area contributed by atoms with Crippen molar-refractivity contribution in [3.63, 3.8) is 0 Å². The number of piperidine rings is 6. The first kappa shape index (κ1) is 81.2. The van der Waals surface area contributed by atoms with Crippen LogP contribution in [0, 0.1) is 35.5 Å². The monoisotopic (exact) mass is 1590 g/mol. The van der Waals surface area contributed by atoms with Crippen molar-refractivity contribution < 1.29 is 92.3 Å². The Morgan fingerprint density at radius 2 is 0.706 bits per heavy atom. The zero-order valence-corrected chi connectivity index (χ0v) is 64.2. The van der Waals surface area contributed by atoms with E-state index in [2.05, 4.69) is 42.0 Å². The Morgan fingerprint density at radius 3 is 1.04 bits per heavy atom. The summed E-state index contributed by atoms with van der Waals surface area (Å²) in [5.74, 6) is -0.965. The molecule has 6 aromatic rings. The first-order valence-corrected chi connectivity index (χ1v) is 40.1. The van der Waals surface area contributed by atoms with Crippen molar-refractivity contribution >= 4 is 78.0 Å². The van der Waals surface area contributed by atoms with Gasteiger partial charge >= 0.3 is 36.4 Å². The number of aliphatic carboxylic acids is 1. The number of hydrogen-bond acceptors (Lipinski definition) is 11. The number of methoxy groups -OCH3 is 2. The first-order chi connectivity index (χ1) is 51.9. The van der Waals surface area contributed by atoms with Crippen molar-refractivity contribution in [2.75, 3.05) is 14.2 Å². The molecule has 6 saturated heterocycles. The van der Waals surface area contributed by atoms with Gasteiger partial charge in [0.25, 0.3) is 11.8 Å². The van der Waals surface area contributed by atoms with Crippen molar-refractivity contribution in [1.82, 2.24) is 15.1 Å². The zero-order valence-electron chi connectivity index (χ0n) is 62.6. The fraction of sp³-hybridized carbons (Fsp3) is 0.588.